The summed E-state index contributed by atoms with van der Waals surface area (Å²) in [6, 6.07) is 0. The zero-order valence-electron chi connectivity index (χ0n) is 45.5. The third-order valence-electron chi connectivity index (χ3n) is 13.6. The largest absolute Gasteiger partial charge is 0.462 e. The highest BCUT2D eigenvalue weighted by atomic mass is 16.6. The molecule has 0 spiro atoms. The van der Waals surface area contributed by atoms with Gasteiger partial charge in [0.05, 0.1) is 0 Å². The minimum atomic E-state index is -0.764. The molecular weight excluding hydrogens is 817 g/mol. The summed E-state index contributed by atoms with van der Waals surface area (Å²) in [6.45, 7) is 13.8. The minimum Gasteiger partial charge on any atom is -0.462 e. The van der Waals surface area contributed by atoms with Crippen molar-refractivity contribution in [2.75, 3.05) is 13.2 Å². The van der Waals surface area contributed by atoms with Gasteiger partial charge in [-0.05, 0) is 37.0 Å². The molecule has 6 nitrogen and oxygen atoms in total. The van der Waals surface area contributed by atoms with E-state index in [0.29, 0.717) is 19.3 Å². The van der Waals surface area contributed by atoms with E-state index in [1.54, 1.807) is 0 Å². The summed E-state index contributed by atoms with van der Waals surface area (Å²) in [7, 11) is 0. The van der Waals surface area contributed by atoms with Crippen molar-refractivity contribution in [1.29, 1.82) is 0 Å². The third-order valence-corrected chi connectivity index (χ3v) is 13.6. The summed E-state index contributed by atoms with van der Waals surface area (Å²) < 4.78 is 16.9. The SMILES string of the molecule is CC(C)CCCCCCCCCCCCCCCCCC(=O)OC[C@H](COC(=O)CCCCCCCCCCCCCCCC(C)C)OC(=O)CCCCCCCCCCCCCC(C)C. The average molecular weight is 934 g/mol. The first-order valence-electron chi connectivity index (χ1n) is 29.6. The molecule has 0 bridgehead atoms. The molecule has 66 heavy (non-hydrogen) atoms. The Bertz CT molecular complexity index is 1020. The van der Waals surface area contributed by atoms with Gasteiger partial charge in [-0.2, -0.15) is 0 Å². The lowest BCUT2D eigenvalue weighted by molar-refractivity contribution is -0.167. The Hall–Kier alpha value is -1.59. The quantitative estimate of drug-likeness (QED) is 0.0343. The van der Waals surface area contributed by atoms with Crippen molar-refractivity contribution in [2.45, 2.75) is 337 Å². The first-order chi connectivity index (χ1) is 32.1. The maximum absolute atomic E-state index is 12.9. The molecule has 0 aromatic carbocycles. The van der Waals surface area contributed by atoms with Gasteiger partial charge < -0.3 is 14.2 Å². The molecule has 0 aliphatic carbocycles. The fourth-order valence-corrected chi connectivity index (χ4v) is 9.18. The van der Waals surface area contributed by atoms with Gasteiger partial charge in [0.1, 0.15) is 13.2 Å². The molecule has 6 heteroatoms. The van der Waals surface area contributed by atoms with E-state index in [9.17, 15) is 14.4 Å². The molecule has 0 fully saturated rings. The van der Waals surface area contributed by atoms with Crippen LogP contribution in [0.2, 0.25) is 0 Å². The molecule has 0 aromatic rings. The van der Waals surface area contributed by atoms with Crippen molar-refractivity contribution >= 4 is 17.9 Å². The van der Waals surface area contributed by atoms with Crippen molar-refractivity contribution in [1.82, 2.24) is 0 Å². The van der Waals surface area contributed by atoms with Crippen LogP contribution in [-0.4, -0.2) is 37.2 Å². The smallest absolute Gasteiger partial charge is 0.306 e. The molecule has 0 saturated heterocycles. The van der Waals surface area contributed by atoms with Crippen LogP contribution in [0.25, 0.3) is 0 Å². The normalized spacial score (nSPS) is 12.1. The van der Waals surface area contributed by atoms with E-state index in [-0.39, 0.29) is 31.1 Å². The van der Waals surface area contributed by atoms with Crippen molar-refractivity contribution in [3.05, 3.63) is 0 Å². The molecule has 0 radical (unpaired) electrons. The number of carbonyl (C=O) groups is 3. The van der Waals surface area contributed by atoms with Gasteiger partial charge in [-0.25, -0.2) is 0 Å². The fraction of sp³-hybridized carbons (Fsp3) is 0.950. The Morgan fingerprint density at radius 1 is 0.258 bits per heavy atom. The minimum absolute atomic E-state index is 0.0633. The lowest BCUT2D eigenvalue weighted by Gasteiger charge is -2.18. The molecule has 0 rings (SSSR count). The van der Waals surface area contributed by atoms with E-state index in [1.165, 1.54) is 212 Å². The summed E-state index contributed by atoms with van der Waals surface area (Å²) in [5.74, 6) is 1.67. The zero-order chi connectivity index (χ0) is 48.4. The Balaban J connectivity index is 4.29. The maximum Gasteiger partial charge on any atom is 0.306 e. The summed E-state index contributed by atoms with van der Waals surface area (Å²) in [5, 5.41) is 0. The lowest BCUT2D eigenvalue weighted by atomic mass is 10.0. The van der Waals surface area contributed by atoms with E-state index in [0.717, 1.165) is 75.5 Å². The van der Waals surface area contributed by atoms with Gasteiger partial charge in [-0.1, -0.05) is 292 Å². The van der Waals surface area contributed by atoms with Crippen molar-refractivity contribution in [3.63, 3.8) is 0 Å². The van der Waals surface area contributed by atoms with Gasteiger partial charge in [0.2, 0.25) is 0 Å². The molecule has 0 aromatic heterocycles. The first-order valence-corrected chi connectivity index (χ1v) is 29.6. The van der Waals surface area contributed by atoms with E-state index in [1.807, 2.05) is 0 Å². The van der Waals surface area contributed by atoms with Crippen LogP contribution in [0.5, 0.6) is 0 Å². The molecule has 1 atom stereocenters. The van der Waals surface area contributed by atoms with Crippen LogP contribution in [0.15, 0.2) is 0 Å². The number of carbonyl (C=O) groups excluding carboxylic acids is 3. The van der Waals surface area contributed by atoms with Crippen LogP contribution in [0.3, 0.4) is 0 Å². The van der Waals surface area contributed by atoms with Crippen LogP contribution < -0.4 is 0 Å². The lowest BCUT2D eigenvalue weighted by Crippen LogP contribution is -2.30. The van der Waals surface area contributed by atoms with Gasteiger partial charge in [0.15, 0.2) is 6.10 Å². The van der Waals surface area contributed by atoms with Gasteiger partial charge in [0.25, 0.3) is 0 Å². The second kappa shape index (κ2) is 51.3. The summed E-state index contributed by atoms with van der Waals surface area (Å²) in [4.78, 5) is 38.2. The predicted molar refractivity (Wildman–Crippen MR) is 284 cm³/mol. The molecule has 0 heterocycles. The van der Waals surface area contributed by atoms with Crippen LogP contribution in [0, 0.1) is 17.8 Å². The second-order valence-electron chi connectivity index (χ2n) is 22.1. The number of unbranched alkanes of at least 4 members (excludes halogenated alkanes) is 36. The monoisotopic (exact) mass is 933 g/mol. The number of esters is 3. The van der Waals surface area contributed by atoms with Crippen LogP contribution >= 0.6 is 0 Å². The van der Waals surface area contributed by atoms with E-state index >= 15 is 0 Å². The van der Waals surface area contributed by atoms with E-state index < -0.39 is 6.10 Å². The highest BCUT2D eigenvalue weighted by molar-refractivity contribution is 5.71. The molecule has 0 aliphatic heterocycles. The second-order valence-corrected chi connectivity index (χ2v) is 22.1. The number of ether oxygens (including phenoxy) is 3. The summed E-state index contributed by atoms with van der Waals surface area (Å²) in [5.41, 5.74) is 0. The van der Waals surface area contributed by atoms with E-state index in [4.69, 9.17) is 14.2 Å². The van der Waals surface area contributed by atoms with Crippen molar-refractivity contribution < 1.29 is 28.6 Å². The Morgan fingerprint density at radius 2 is 0.439 bits per heavy atom. The summed E-state index contributed by atoms with van der Waals surface area (Å²) in [6.07, 6.45) is 53.8. The number of hydrogen-bond donors (Lipinski definition) is 0. The zero-order valence-corrected chi connectivity index (χ0v) is 45.5. The Morgan fingerprint density at radius 3 is 0.652 bits per heavy atom. The summed E-state index contributed by atoms with van der Waals surface area (Å²) >= 11 is 0. The van der Waals surface area contributed by atoms with Gasteiger partial charge in [0, 0.05) is 19.3 Å². The standard InChI is InChI=1S/C60H116O6/c1-54(2)46-40-34-28-22-16-11-8-7-9-13-19-25-31-37-43-49-58(61)64-52-57(66-60(63)51-45-39-33-27-21-15-18-24-30-36-42-48-56(5)6)53-65-59(62)50-44-38-32-26-20-14-10-12-17-23-29-35-41-47-55(3)4/h54-57H,7-53H2,1-6H3/t57-/m1/s1. The Kier molecular flexibility index (Phi) is 50.0. The molecule has 392 valence electrons. The van der Waals surface area contributed by atoms with Crippen LogP contribution in [0.1, 0.15) is 330 Å². The van der Waals surface area contributed by atoms with Crippen LogP contribution in [-0.2, 0) is 28.6 Å². The van der Waals surface area contributed by atoms with Gasteiger partial charge in [-0.3, -0.25) is 14.4 Å². The molecule has 0 unspecified atom stereocenters. The van der Waals surface area contributed by atoms with E-state index in [2.05, 4.69) is 41.5 Å². The third kappa shape index (κ3) is 53.4. The first kappa shape index (κ1) is 64.4. The maximum atomic E-state index is 12.9. The molecule has 0 aliphatic rings. The highest BCUT2D eigenvalue weighted by Crippen LogP contribution is 2.19. The Labute approximate surface area is 412 Å². The topological polar surface area (TPSA) is 78.9 Å². The molecular formula is C60H116O6. The number of rotatable bonds is 53. The molecule has 0 N–H and O–H groups in total. The van der Waals surface area contributed by atoms with Crippen molar-refractivity contribution in [2.24, 2.45) is 17.8 Å². The number of hydrogen-bond acceptors (Lipinski definition) is 6. The molecule has 0 amide bonds. The van der Waals surface area contributed by atoms with Crippen molar-refractivity contribution in [3.8, 4) is 0 Å². The van der Waals surface area contributed by atoms with Gasteiger partial charge in [-0.15, -0.1) is 0 Å². The average Bonchev–Trinajstić information content (AvgIpc) is 3.28. The predicted octanol–water partition coefficient (Wildman–Crippen LogP) is 19.5. The fourth-order valence-electron chi connectivity index (χ4n) is 9.18. The van der Waals surface area contributed by atoms with Gasteiger partial charge >= 0.3 is 17.9 Å². The highest BCUT2D eigenvalue weighted by Gasteiger charge is 2.19. The molecule has 0 saturated carbocycles. The van der Waals surface area contributed by atoms with Crippen LogP contribution in [0.4, 0.5) is 0 Å².